The number of anilines is 1. The number of hydrogen-bond donors (Lipinski definition) is 1. The standard InChI is InChI=1S/C24H29N9O/c1-4-32-23(15-10-25-14(2)26-11-15)31-21-22(27-12-28-24(21)32)30-16-5-6-19-20(7-16)33(13-29-19)17-8-18(9-17)34-3/h10-13,16-18H,4-9H2,1-3H3,(H,27,28,30)/t16-,17?,18?/m1/s1. The molecule has 0 saturated heterocycles. The van der Waals surface area contributed by atoms with Crippen molar-refractivity contribution in [2.24, 2.45) is 0 Å². The number of fused-ring (bicyclic) bond motifs is 2. The Hall–Kier alpha value is -3.40. The zero-order valence-electron chi connectivity index (χ0n) is 19.8. The first-order valence-corrected chi connectivity index (χ1v) is 12.0. The second-order valence-corrected chi connectivity index (χ2v) is 9.21. The molecule has 6 rings (SSSR count). The molecule has 10 nitrogen and oxygen atoms in total. The van der Waals surface area contributed by atoms with Gasteiger partial charge in [-0.25, -0.2) is 29.9 Å². The number of rotatable bonds is 6. The molecule has 4 aromatic rings. The van der Waals surface area contributed by atoms with Gasteiger partial charge in [0, 0.05) is 50.2 Å². The molecule has 1 atom stereocenters. The van der Waals surface area contributed by atoms with Crippen LogP contribution in [0.1, 0.15) is 49.4 Å². The van der Waals surface area contributed by atoms with Gasteiger partial charge in [-0.05, 0) is 39.5 Å². The van der Waals surface area contributed by atoms with Crippen molar-refractivity contribution in [3.8, 4) is 11.4 Å². The summed E-state index contributed by atoms with van der Waals surface area (Å²) in [6, 6.07) is 0.752. The van der Waals surface area contributed by atoms with Gasteiger partial charge < -0.3 is 19.2 Å². The van der Waals surface area contributed by atoms with Crippen molar-refractivity contribution in [3.63, 3.8) is 0 Å². The van der Waals surface area contributed by atoms with Gasteiger partial charge in [0.15, 0.2) is 17.0 Å². The Balaban J connectivity index is 1.28. The van der Waals surface area contributed by atoms with Crippen molar-refractivity contribution >= 4 is 17.0 Å². The summed E-state index contributed by atoms with van der Waals surface area (Å²) < 4.78 is 9.94. The second-order valence-electron chi connectivity index (χ2n) is 9.21. The van der Waals surface area contributed by atoms with E-state index < -0.39 is 0 Å². The number of aryl methyl sites for hydroxylation is 3. The summed E-state index contributed by atoms with van der Waals surface area (Å²) in [4.78, 5) is 27.5. The number of nitrogens with one attached hydrogen (secondary N) is 1. The molecule has 4 aromatic heterocycles. The van der Waals surface area contributed by atoms with Crippen LogP contribution >= 0.6 is 0 Å². The fraction of sp³-hybridized carbons (Fsp3) is 0.500. The molecule has 0 radical (unpaired) electrons. The van der Waals surface area contributed by atoms with Crippen molar-refractivity contribution < 1.29 is 4.74 Å². The Morgan fingerprint density at radius 3 is 2.71 bits per heavy atom. The summed E-state index contributed by atoms with van der Waals surface area (Å²) in [5, 5.41) is 3.68. The minimum absolute atomic E-state index is 0.261. The number of imidazole rings is 2. The summed E-state index contributed by atoms with van der Waals surface area (Å²) in [5.74, 6) is 2.32. The first-order chi connectivity index (χ1) is 16.6. The molecular formula is C24H29N9O. The fourth-order valence-corrected chi connectivity index (χ4v) is 5.16. The normalized spacial score (nSPS) is 21.9. The minimum Gasteiger partial charge on any atom is -0.381 e. The Morgan fingerprint density at radius 2 is 1.94 bits per heavy atom. The first kappa shape index (κ1) is 21.2. The van der Waals surface area contributed by atoms with Crippen LogP contribution in [-0.4, -0.2) is 58.3 Å². The maximum Gasteiger partial charge on any atom is 0.165 e. The molecule has 1 fully saturated rings. The van der Waals surface area contributed by atoms with E-state index in [9.17, 15) is 0 Å². The molecule has 34 heavy (non-hydrogen) atoms. The highest BCUT2D eigenvalue weighted by atomic mass is 16.5. The van der Waals surface area contributed by atoms with E-state index in [0.717, 1.165) is 72.8 Å². The average Bonchev–Trinajstić information content (AvgIpc) is 3.41. The Morgan fingerprint density at radius 1 is 1.12 bits per heavy atom. The molecular weight excluding hydrogens is 430 g/mol. The topological polar surface area (TPSA) is 108 Å². The largest absolute Gasteiger partial charge is 0.381 e. The van der Waals surface area contributed by atoms with Gasteiger partial charge >= 0.3 is 0 Å². The molecule has 0 aromatic carbocycles. The van der Waals surface area contributed by atoms with Gasteiger partial charge in [-0.2, -0.15) is 0 Å². The van der Waals surface area contributed by atoms with Gasteiger partial charge in [-0.1, -0.05) is 0 Å². The third-order valence-corrected chi connectivity index (χ3v) is 7.18. The van der Waals surface area contributed by atoms with Gasteiger partial charge in [-0.15, -0.1) is 0 Å². The van der Waals surface area contributed by atoms with Crippen LogP contribution in [0.15, 0.2) is 25.0 Å². The first-order valence-electron chi connectivity index (χ1n) is 12.0. The second kappa shape index (κ2) is 8.43. The van der Waals surface area contributed by atoms with Crippen molar-refractivity contribution in [1.29, 1.82) is 0 Å². The highest BCUT2D eigenvalue weighted by Gasteiger charge is 2.34. The summed E-state index contributed by atoms with van der Waals surface area (Å²) in [6.45, 7) is 4.71. The number of ether oxygens (including phenoxy) is 1. The third-order valence-electron chi connectivity index (χ3n) is 7.18. The molecule has 0 bridgehead atoms. The van der Waals surface area contributed by atoms with Crippen LogP contribution in [0, 0.1) is 6.92 Å². The van der Waals surface area contributed by atoms with E-state index in [1.54, 1.807) is 13.4 Å². The van der Waals surface area contributed by atoms with Crippen LogP contribution in [0.5, 0.6) is 0 Å². The highest BCUT2D eigenvalue weighted by Crippen LogP contribution is 2.37. The Labute approximate surface area is 197 Å². The van der Waals surface area contributed by atoms with Crippen molar-refractivity contribution in [1.82, 2.24) is 39.0 Å². The summed E-state index contributed by atoms with van der Waals surface area (Å²) in [7, 11) is 1.80. The lowest BCUT2D eigenvalue weighted by molar-refractivity contribution is 0.00531. The SMILES string of the molecule is CCn1c(-c2cnc(C)nc2)nc2c(N[C@@H]3CCc4ncn(C5CC(OC)C5)c4C3)ncnc21. The zero-order valence-corrected chi connectivity index (χ0v) is 19.8. The van der Waals surface area contributed by atoms with E-state index in [1.807, 2.05) is 25.6 Å². The molecule has 1 saturated carbocycles. The molecule has 2 aliphatic rings. The average molecular weight is 460 g/mol. The van der Waals surface area contributed by atoms with E-state index in [1.165, 1.54) is 11.4 Å². The van der Waals surface area contributed by atoms with Crippen LogP contribution in [0.2, 0.25) is 0 Å². The lowest BCUT2D eigenvalue weighted by Gasteiger charge is -2.37. The molecule has 4 heterocycles. The van der Waals surface area contributed by atoms with E-state index in [0.29, 0.717) is 12.1 Å². The molecule has 2 aliphatic carbocycles. The smallest absolute Gasteiger partial charge is 0.165 e. The molecule has 176 valence electrons. The monoisotopic (exact) mass is 459 g/mol. The van der Waals surface area contributed by atoms with Crippen molar-refractivity contribution in [2.45, 2.75) is 70.7 Å². The van der Waals surface area contributed by atoms with Crippen LogP contribution in [0.25, 0.3) is 22.6 Å². The molecule has 0 aliphatic heterocycles. The van der Waals surface area contributed by atoms with Gasteiger partial charge in [-0.3, -0.25) is 0 Å². The number of nitrogens with zero attached hydrogens (tertiary/aromatic N) is 8. The van der Waals surface area contributed by atoms with Crippen LogP contribution in [0.3, 0.4) is 0 Å². The molecule has 0 amide bonds. The third kappa shape index (κ3) is 3.53. The van der Waals surface area contributed by atoms with Gasteiger partial charge in [0.05, 0.1) is 23.7 Å². The van der Waals surface area contributed by atoms with Gasteiger partial charge in [0.25, 0.3) is 0 Å². The number of hydrogen-bond acceptors (Lipinski definition) is 8. The maximum absolute atomic E-state index is 5.48. The van der Waals surface area contributed by atoms with E-state index in [4.69, 9.17) is 14.7 Å². The fourth-order valence-electron chi connectivity index (χ4n) is 5.16. The number of aromatic nitrogens is 8. The van der Waals surface area contributed by atoms with Crippen LogP contribution < -0.4 is 5.32 Å². The quantitative estimate of drug-likeness (QED) is 0.468. The van der Waals surface area contributed by atoms with E-state index in [-0.39, 0.29) is 6.04 Å². The summed E-state index contributed by atoms with van der Waals surface area (Å²) in [5.41, 5.74) is 5.03. The van der Waals surface area contributed by atoms with Crippen molar-refractivity contribution in [3.05, 3.63) is 42.3 Å². The van der Waals surface area contributed by atoms with Gasteiger partial charge in [0.2, 0.25) is 0 Å². The molecule has 1 N–H and O–H groups in total. The highest BCUT2D eigenvalue weighted by molar-refractivity contribution is 5.86. The Bertz CT molecular complexity index is 1320. The molecule has 0 spiro atoms. The lowest BCUT2D eigenvalue weighted by Crippen LogP contribution is -2.35. The number of methoxy groups -OCH3 is 1. The van der Waals surface area contributed by atoms with Crippen LogP contribution in [0.4, 0.5) is 5.82 Å². The maximum atomic E-state index is 5.48. The molecule has 10 heteroatoms. The van der Waals surface area contributed by atoms with E-state index >= 15 is 0 Å². The van der Waals surface area contributed by atoms with Crippen molar-refractivity contribution in [2.75, 3.05) is 12.4 Å². The summed E-state index contributed by atoms with van der Waals surface area (Å²) in [6.07, 6.45) is 12.6. The van der Waals surface area contributed by atoms with Crippen LogP contribution in [-0.2, 0) is 24.1 Å². The summed E-state index contributed by atoms with van der Waals surface area (Å²) >= 11 is 0. The zero-order chi connectivity index (χ0) is 23.2. The minimum atomic E-state index is 0.261. The predicted octanol–water partition coefficient (Wildman–Crippen LogP) is 3.13. The Kier molecular flexibility index (Phi) is 5.24. The van der Waals surface area contributed by atoms with Gasteiger partial charge in [0.1, 0.15) is 18.0 Å². The molecule has 0 unspecified atom stereocenters. The predicted molar refractivity (Wildman–Crippen MR) is 127 cm³/mol. The lowest BCUT2D eigenvalue weighted by atomic mass is 9.87. The van der Waals surface area contributed by atoms with E-state index in [2.05, 4.69) is 41.3 Å².